The van der Waals surface area contributed by atoms with Gasteiger partial charge in [0.25, 0.3) is 0 Å². The minimum Gasteiger partial charge on any atom is -0.227 e. The zero-order chi connectivity index (χ0) is 19.4. The molecule has 1 saturated carbocycles. The first kappa shape index (κ1) is 22.9. The minimum atomic E-state index is -0.878. The molecular weight excluding hydrogens is 316 g/mol. The molecular formula is C21H42O4. The van der Waals surface area contributed by atoms with Crippen molar-refractivity contribution in [1.29, 1.82) is 0 Å². The number of rotatable bonds is 10. The van der Waals surface area contributed by atoms with Gasteiger partial charge < -0.3 is 0 Å². The summed E-state index contributed by atoms with van der Waals surface area (Å²) in [5.74, 6) is -0.237. The van der Waals surface area contributed by atoms with E-state index in [2.05, 4.69) is 62.3 Å². The Kier molecular flexibility index (Phi) is 7.95. The molecule has 0 saturated heterocycles. The van der Waals surface area contributed by atoms with E-state index in [-0.39, 0.29) is 16.6 Å². The maximum atomic E-state index is 6.12. The molecule has 1 unspecified atom stereocenters. The summed E-state index contributed by atoms with van der Waals surface area (Å²) in [6.45, 7) is 19.3. The highest BCUT2D eigenvalue weighted by Crippen LogP contribution is 2.50. The lowest BCUT2D eigenvalue weighted by Crippen LogP contribution is -2.55. The monoisotopic (exact) mass is 358 g/mol. The summed E-state index contributed by atoms with van der Waals surface area (Å²) in [6, 6.07) is 0. The normalized spacial score (nSPS) is 23.6. The largest absolute Gasteiger partial charge is 0.239 e. The second-order valence-electron chi connectivity index (χ2n) is 9.13. The molecule has 0 spiro atoms. The van der Waals surface area contributed by atoms with Crippen molar-refractivity contribution in [2.24, 2.45) is 11.3 Å². The van der Waals surface area contributed by atoms with Crippen molar-refractivity contribution in [2.45, 2.75) is 124 Å². The molecule has 4 heteroatoms. The van der Waals surface area contributed by atoms with E-state index >= 15 is 0 Å². The first-order chi connectivity index (χ1) is 11.5. The van der Waals surface area contributed by atoms with Crippen molar-refractivity contribution in [1.82, 2.24) is 0 Å². The predicted octanol–water partition coefficient (Wildman–Crippen LogP) is 6.58. The van der Waals surface area contributed by atoms with Gasteiger partial charge in [-0.2, -0.15) is 9.78 Å². The van der Waals surface area contributed by atoms with Crippen molar-refractivity contribution >= 4 is 0 Å². The molecule has 0 aromatic rings. The summed E-state index contributed by atoms with van der Waals surface area (Å²) >= 11 is 0. The molecule has 1 aliphatic rings. The zero-order valence-corrected chi connectivity index (χ0v) is 18.2. The molecule has 150 valence electrons. The topological polar surface area (TPSA) is 36.9 Å². The van der Waals surface area contributed by atoms with Gasteiger partial charge in [-0.25, -0.2) is 9.78 Å². The molecule has 1 fully saturated rings. The highest BCUT2D eigenvalue weighted by molar-refractivity contribution is 4.92. The number of hydrogen-bond donors (Lipinski definition) is 0. The molecule has 0 N–H and O–H groups in total. The summed E-state index contributed by atoms with van der Waals surface area (Å²) < 4.78 is 0. The Labute approximate surface area is 155 Å². The third kappa shape index (κ3) is 5.41. The van der Waals surface area contributed by atoms with Crippen molar-refractivity contribution in [3.63, 3.8) is 0 Å². The molecule has 25 heavy (non-hydrogen) atoms. The van der Waals surface area contributed by atoms with Crippen molar-refractivity contribution in [3.8, 4) is 0 Å². The zero-order valence-electron chi connectivity index (χ0n) is 18.2. The first-order valence-electron chi connectivity index (χ1n) is 10.2. The van der Waals surface area contributed by atoms with Crippen LogP contribution in [0.15, 0.2) is 0 Å². The minimum absolute atomic E-state index is 0.199. The Morgan fingerprint density at radius 3 is 1.56 bits per heavy atom. The summed E-state index contributed by atoms with van der Waals surface area (Å²) in [4.78, 5) is 24.2. The van der Waals surface area contributed by atoms with Crippen LogP contribution in [0.5, 0.6) is 0 Å². The Morgan fingerprint density at radius 1 is 0.840 bits per heavy atom. The van der Waals surface area contributed by atoms with E-state index < -0.39 is 5.79 Å². The maximum Gasteiger partial charge on any atom is 0.239 e. The van der Waals surface area contributed by atoms with E-state index in [4.69, 9.17) is 19.6 Å². The highest BCUT2D eigenvalue weighted by atomic mass is 17.3. The third-order valence-electron chi connectivity index (χ3n) is 6.60. The molecule has 0 aromatic heterocycles. The molecule has 0 radical (unpaired) electrons. The lowest BCUT2D eigenvalue weighted by atomic mass is 9.68. The summed E-state index contributed by atoms with van der Waals surface area (Å²) in [7, 11) is 0. The van der Waals surface area contributed by atoms with Gasteiger partial charge in [-0.1, -0.05) is 48.5 Å². The fraction of sp³-hybridized carbons (Fsp3) is 1.00. The summed E-state index contributed by atoms with van der Waals surface area (Å²) in [5, 5.41) is 0. The van der Waals surface area contributed by atoms with E-state index in [0.29, 0.717) is 5.92 Å². The van der Waals surface area contributed by atoms with Crippen LogP contribution in [0.3, 0.4) is 0 Å². The Morgan fingerprint density at radius 2 is 1.24 bits per heavy atom. The van der Waals surface area contributed by atoms with Gasteiger partial charge in [0, 0.05) is 11.8 Å². The van der Waals surface area contributed by atoms with Gasteiger partial charge in [-0.15, -0.1) is 0 Å². The van der Waals surface area contributed by atoms with Crippen molar-refractivity contribution < 1.29 is 19.6 Å². The van der Waals surface area contributed by atoms with Gasteiger partial charge in [-0.3, -0.25) is 0 Å². The standard InChI is InChI=1S/C21H42O4/c1-10-19(8,11-2)22-24-21(25-23-20(9,12-3)13-4)15-14-17(5)16-18(21,6)7/h17H,10-16H2,1-9H3. The molecule has 1 rings (SSSR count). The third-order valence-corrected chi connectivity index (χ3v) is 6.60. The Bertz CT molecular complexity index is 375. The van der Waals surface area contributed by atoms with Crippen LogP contribution in [0.25, 0.3) is 0 Å². The SMILES string of the molecule is CCC(C)(CC)OOC1(OOC(C)(CC)CC)CCC(C)CC1(C)C. The lowest BCUT2D eigenvalue weighted by Gasteiger charge is -2.50. The molecule has 1 atom stereocenters. The van der Waals surface area contributed by atoms with Crippen molar-refractivity contribution in [3.05, 3.63) is 0 Å². The van der Waals surface area contributed by atoms with Gasteiger partial charge in [0.2, 0.25) is 5.79 Å². The molecule has 0 aliphatic heterocycles. The first-order valence-corrected chi connectivity index (χ1v) is 10.2. The Hall–Kier alpha value is -0.160. The van der Waals surface area contributed by atoms with Gasteiger partial charge in [0.1, 0.15) is 11.2 Å². The van der Waals surface area contributed by atoms with E-state index in [0.717, 1.165) is 44.9 Å². The quantitative estimate of drug-likeness (QED) is 0.251. The predicted molar refractivity (Wildman–Crippen MR) is 102 cm³/mol. The second kappa shape index (κ2) is 8.69. The molecule has 0 heterocycles. The van der Waals surface area contributed by atoms with E-state index in [1.165, 1.54) is 0 Å². The average Bonchev–Trinajstić information content (AvgIpc) is 2.59. The molecule has 1 aliphatic carbocycles. The van der Waals surface area contributed by atoms with Gasteiger partial charge in [0.05, 0.1) is 0 Å². The molecule has 4 nitrogen and oxygen atoms in total. The molecule has 0 bridgehead atoms. The van der Waals surface area contributed by atoms with Crippen LogP contribution >= 0.6 is 0 Å². The van der Waals surface area contributed by atoms with Crippen LogP contribution in [-0.2, 0) is 19.6 Å². The fourth-order valence-electron chi connectivity index (χ4n) is 3.30. The lowest BCUT2D eigenvalue weighted by molar-refractivity contribution is -0.570. The van der Waals surface area contributed by atoms with E-state index in [1.54, 1.807) is 0 Å². The van der Waals surface area contributed by atoms with E-state index in [9.17, 15) is 0 Å². The van der Waals surface area contributed by atoms with Gasteiger partial charge >= 0.3 is 0 Å². The van der Waals surface area contributed by atoms with Crippen LogP contribution in [-0.4, -0.2) is 17.0 Å². The maximum absolute atomic E-state index is 6.12. The van der Waals surface area contributed by atoms with E-state index in [1.807, 2.05) is 0 Å². The van der Waals surface area contributed by atoms with Crippen LogP contribution in [0, 0.1) is 11.3 Å². The van der Waals surface area contributed by atoms with Crippen LogP contribution < -0.4 is 0 Å². The highest BCUT2D eigenvalue weighted by Gasteiger charge is 2.55. The van der Waals surface area contributed by atoms with Gasteiger partial charge in [-0.05, 0) is 58.3 Å². The summed E-state index contributed by atoms with van der Waals surface area (Å²) in [5.41, 5.74) is -0.821. The van der Waals surface area contributed by atoms with Crippen LogP contribution in [0.2, 0.25) is 0 Å². The fourth-order valence-corrected chi connectivity index (χ4v) is 3.30. The second-order valence-corrected chi connectivity index (χ2v) is 9.13. The molecule has 0 aromatic carbocycles. The molecule has 0 amide bonds. The average molecular weight is 359 g/mol. The summed E-state index contributed by atoms with van der Waals surface area (Å²) in [6.07, 6.45) is 6.38. The Balaban J connectivity index is 3.02. The van der Waals surface area contributed by atoms with Crippen molar-refractivity contribution in [2.75, 3.05) is 0 Å². The van der Waals surface area contributed by atoms with Crippen LogP contribution in [0.1, 0.15) is 107 Å². The smallest absolute Gasteiger partial charge is 0.227 e. The van der Waals surface area contributed by atoms with Crippen LogP contribution in [0.4, 0.5) is 0 Å². The number of hydrogen-bond acceptors (Lipinski definition) is 4. The van der Waals surface area contributed by atoms with Gasteiger partial charge in [0.15, 0.2) is 0 Å².